The van der Waals surface area contributed by atoms with Gasteiger partial charge in [-0.2, -0.15) is 0 Å². The van der Waals surface area contributed by atoms with Crippen molar-refractivity contribution in [1.29, 1.82) is 0 Å². The second kappa shape index (κ2) is 7.05. The zero-order valence-corrected chi connectivity index (χ0v) is 15.2. The maximum Gasteiger partial charge on any atom is 0.260 e. The Morgan fingerprint density at radius 2 is 2.04 bits per heavy atom. The Labute approximate surface area is 153 Å². The summed E-state index contributed by atoms with van der Waals surface area (Å²) >= 11 is 0. The van der Waals surface area contributed by atoms with Crippen LogP contribution in [0, 0.1) is 17.8 Å². The Kier molecular flexibility index (Phi) is 4.61. The molecule has 5 atom stereocenters. The van der Waals surface area contributed by atoms with Crippen molar-refractivity contribution in [3.63, 3.8) is 0 Å². The largest absolute Gasteiger partial charge is 0.481 e. The van der Waals surface area contributed by atoms with Gasteiger partial charge >= 0.3 is 0 Å². The SMILES string of the molecule is C[C@H](Oc1ccc(-n2cnnn2)cc1)C(=O)N[C@H](C)[C@@H]1C[C@H]2CC[C@H]1C2. The van der Waals surface area contributed by atoms with E-state index in [-0.39, 0.29) is 11.9 Å². The molecule has 138 valence electrons. The van der Waals surface area contributed by atoms with Crippen molar-refractivity contribution in [1.82, 2.24) is 25.5 Å². The highest BCUT2D eigenvalue weighted by Gasteiger charge is 2.42. The van der Waals surface area contributed by atoms with Crippen molar-refractivity contribution >= 4 is 5.91 Å². The van der Waals surface area contributed by atoms with Crippen LogP contribution in [0.3, 0.4) is 0 Å². The molecule has 1 heterocycles. The number of rotatable bonds is 6. The molecule has 2 aliphatic carbocycles. The molecule has 2 aromatic rings. The molecule has 1 aromatic carbocycles. The van der Waals surface area contributed by atoms with E-state index in [2.05, 4.69) is 27.8 Å². The topological polar surface area (TPSA) is 81.9 Å². The molecule has 4 rings (SSSR count). The van der Waals surface area contributed by atoms with Crippen molar-refractivity contribution in [2.24, 2.45) is 17.8 Å². The number of fused-ring (bicyclic) bond motifs is 2. The number of hydrogen-bond donors (Lipinski definition) is 1. The van der Waals surface area contributed by atoms with Crippen LogP contribution in [0.4, 0.5) is 0 Å². The second-order valence-electron chi connectivity index (χ2n) is 7.64. The van der Waals surface area contributed by atoms with Crippen molar-refractivity contribution in [3.05, 3.63) is 30.6 Å². The third-order valence-corrected chi connectivity index (χ3v) is 5.94. The minimum Gasteiger partial charge on any atom is -0.481 e. The smallest absolute Gasteiger partial charge is 0.260 e. The summed E-state index contributed by atoms with van der Waals surface area (Å²) in [7, 11) is 0. The van der Waals surface area contributed by atoms with Gasteiger partial charge in [-0.3, -0.25) is 4.79 Å². The fourth-order valence-electron chi connectivity index (χ4n) is 4.57. The van der Waals surface area contributed by atoms with Crippen molar-refractivity contribution in [2.45, 2.75) is 51.7 Å². The van der Waals surface area contributed by atoms with E-state index in [0.29, 0.717) is 11.7 Å². The normalized spacial score (nSPS) is 26.5. The molecule has 2 saturated carbocycles. The van der Waals surface area contributed by atoms with Gasteiger partial charge in [-0.05, 0) is 85.6 Å². The first-order valence-electron chi connectivity index (χ1n) is 9.40. The number of nitrogens with one attached hydrogen (secondary N) is 1. The third kappa shape index (κ3) is 3.43. The van der Waals surface area contributed by atoms with Gasteiger partial charge in [-0.25, -0.2) is 4.68 Å². The minimum atomic E-state index is -0.532. The summed E-state index contributed by atoms with van der Waals surface area (Å²) in [5.74, 6) is 2.91. The van der Waals surface area contributed by atoms with E-state index in [1.54, 1.807) is 11.6 Å². The lowest BCUT2D eigenvalue weighted by Crippen LogP contribution is -2.45. The summed E-state index contributed by atoms with van der Waals surface area (Å²) in [5.41, 5.74) is 0.837. The van der Waals surface area contributed by atoms with E-state index in [1.807, 2.05) is 24.3 Å². The van der Waals surface area contributed by atoms with Crippen LogP contribution < -0.4 is 10.1 Å². The number of tetrazole rings is 1. The average molecular weight is 355 g/mol. The predicted molar refractivity (Wildman–Crippen MR) is 95.8 cm³/mol. The van der Waals surface area contributed by atoms with E-state index in [1.165, 1.54) is 32.0 Å². The monoisotopic (exact) mass is 355 g/mol. The van der Waals surface area contributed by atoms with E-state index in [9.17, 15) is 4.79 Å². The first-order chi connectivity index (χ1) is 12.6. The standard InChI is InChI=1S/C19H25N5O2/c1-12(18-10-14-3-4-15(18)9-14)21-19(25)13(2)26-17-7-5-16(6-8-17)24-11-20-22-23-24/h5-8,11-15,18H,3-4,9-10H2,1-2H3,(H,21,25)/t12-,13+,14+,15+,18+/m1/s1. The molecule has 7 heteroatoms. The Balaban J connectivity index is 1.31. The summed E-state index contributed by atoms with van der Waals surface area (Å²) in [4.78, 5) is 12.5. The maximum absolute atomic E-state index is 12.5. The highest BCUT2D eigenvalue weighted by molar-refractivity contribution is 5.81. The number of carbonyl (C=O) groups excluding carboxylic acids is 1. The molecule has 0 saturated heterocycles. The Morgan fingerprint density at radius 1 is 1.23 bits per heavy atom. The van der Waals surface area contributed by atoms with Gasteiger partial charge in [0.1, 0.15) is 12.1 Å². The molecule has 0 aliphatic heterocycles. The van der Waals surface area contributed by atoms with Gasteiger partial charge in [-0.15, -0.1) is 5.10 Å². The van der Waals surface area contributed by atoms with E-state index < -0.39 is 6.10 Å². The van der Waals surface area contributed by atoms with Crippen LogP contribution >= 0.6 is 0 Å². The summed E-state index contributed by atoms with van der Waals surface area (Å²) in [5, 5.41) is 14.2. The molecule has 2 bridgehead atoms. The Bertz CT molecular complexity index is 746. The van der Waals surface area contributed by atoms with Gasteiger partial charge in [0.15, 0.2) is 6.10 Å². The van der Waals surface area contributed by atoms with Crippen LogP contribution in [0.15, 0.2) is 30.6 Å². The molecule has 1 aromatic heterocycles. The van der Waals surface area contributed by atoms with E-state index in [4.69, 9.17) is 4.74 Å². The minimum absolute atomic E-state index is 0.0511. The molecule has 0 spiro atoms. The molecule has 1 N–H and O–H groups in total. The zero-order valence-electron chi connectivity index (χ0n) is 15.2. The van der Waals surface area contributed by atoms with Crippen molar-refractivity contribution in [3.8, 4) is 11.4 Å². The lowest BCUT2D eigenvalue weighted by Gasteiger charge is -2.29. The van der Waals surface area contributed by atoms with E-state index >= 15 is 0 Å². The Hall–Kier alpha value is -2.44. The third-order valence-electron chi connectivity index (χ3n) is 5.94. The van der Waals surface area contributed by atoms with Crippen LogP contribution in [0.25, 0.3) is 5.69 Å². The number of amides is 1. The number of benzene rings is 1. The van der Waals surface area contributed by atoms with Crippen LogP contribution in [0.2, 0.25) is 0 Å². The lowest BCUT2D eigenvalue weighted by atomic mass is 9.84. The summed E-state index contributed by atoms with van der Waals surface area (Å²) in [6.45, 7) is 3.93. The van der Waals surface area contributed by atoms with Gasteiger partial charge in [0.2, 0.25) is 0 Å². The maximum atomic E-state index is 12.5. The molecule has 2 aliphatic rings. The predicted octanol–water partition coefficient (Wildman–Crippen LogP) is 2.37. The fraction of sp³-hybridized carbons (Fsp3) is 0.579. The summed E-state index contributed by atoms with van der Waals surface area (Å²) < 4.78 is 7.37. The van der Waals surface area contributed by atoms with Gasteiger partial charge < -0.3 is 10.1 Å². The Morgan fingerprint density at radius 3 is 2.65 bits per heavy atom. The number of ether oxygens (including phenoxy) is 1. The highest BCUT2D eigenvalue weighted by Crippen LogP contribution is 2.49. The molecule has 0 unspecified atom stereocenters. The van der Waals surface area contributed by atoms with Crippen LogP contribution in [-0.4, -0.2) is 38.3 Å². The molecular formula is C19H25N5O2. The quantitative estimate of drug-likeness (QED) is 0.860. The van der Waals surface area contributed by atoms with Gasteiger partial charge in [0, 0.05) is 6.04 Å². The first-order valence-corrected chi connectivity index (χ1v) is 9.40. The van der Waals surface area contributed by atoms with Crippen molar-refractivity contribution < 1.29 is 9.53 Å². The first kappa shape index (κ1) is 17.0. The van der Waals surface area contributed by atoms with Gasteiger partial charge in [-0.1, -0.05) is 6.42 Å². The molecule has 7 nitrogen and oxygen atoms in total. The van der Waals surface area contributed by atoms with E-state index in [0.717, 1.165) is 17.5 Å². The van der Waals surface area contributed by atoms with Crippen LogP contribution in [0.1, 0.15) is 39.5 Å². The molecular weight excluding hydrogens is 330 g/mol. The zero-order chi connectivity index (χ0) is 18.1. The second-order valence-corrected chi connectivity index (χ2v) is 7.64. The van der Waals surface area contributed by atoms with Crippen molar-refractivity contribution in [2.75, 3.05) is 0 Å². The van der Waals surface area contributed by atoms with Crippen LogP contribution in [-0.2, 0) is 4.79 Å². The molecule has 26 heavy (non-hydrogen) atoms. The van der Waals surface area contributed by atoms with Gasteiger partial charge in [0.05, 0.1) is 5.69 Å². The summed E-state index contributed by atoms with van der Waals surface area (Å²) in [6.07, 6.45) is 6.32. The number of nitrogens with zero attached hydrogens (tertiary/aromatic N) is 4. The molecule has 1 amide bonds. The lowest BCUT2D eigenvalue weighted by molar-refractivity contribution is -0.128. The highest BCUT2D eigenvalue weighted by atomic mass is 16.5. The van der Waals surface area contributed by atoms with Gasteiger partial charge in [0.25, 0.3) is 5.91 Å². The molecule has 2 fully saturated rings. The number of aromatic nitrogens is 4. The number of carbonyl (C=O) groups is 1. The average Bonchev–Trinajstić information content (AvgIpc) is 3.40. The summed E-state index contributed by atoms with van der Waals surface area (Å²) in [6, 6.07) is 7.56. The number of hydrogen-bond acceptors (Lipinski definition) is 5. The fourth-order valence-corrected chi connectivity index (χ4v) is 4.57. The molecule has 0 radical (unpaired) electrons. The van der Waals surface area contributed by atoms with Crippen LogP contribution in [0.5, 0.6) is 5.75 Å².